The van der Waals surface area contributed by atoms with Gasteiger partial charge in [0.1, 0.15) is 0 Å². The van der Waals surface area contributed by atoms with Gasteiger partial charge in [0.05, 0.1) is 34.8 Å². The van der Waals surface area contributed by atoms with Crippen molar-refractivity contribution in [2.75, 3.05) is 19.8 Å². The standard InChI is InChI=1S/C40H38ClF6NO4/c1-25-28(11-13-30-21-26(9-15-34(30)39(42,43)44)17-18-38(2,24-50)37(51)52)5-3-7-32(25)33-8-4-6-29(36(33)41)12-14-31-22-27(23-48-19-20-49)10-16-35(31)40(45,46)47/h3-16,21-22,48-50H,17-20,23-24H2,1-2H3,(H,51,52)/b13-11+,14-12+/t38-/m0/s1. The molecule has 0 bridgehead atoms. The summed E-state index contributed by atoms with van der Waals surface area (Å²) in [5.74, 6) is -1.21. The number of hydrogen-bond donors (Lipinski definition) is 4. The van der Waals surface area contributed by atoms with Crippen LogP contribution in [0.4, 0.5) is 26.3 Å². The molecule has 0 aliphatic heterocycles. The molecule has 0 radical (unpaired) electrons. The number of carboxylic acid groups (broad SMARTS) is 1. The Hall–Kier alpha value is -4.42. The molecule has 1 atom stereocenters. The number of aliphatic hydroxyl groups excluding tert-OH is 2. The Morgan fingerprint density at radius 2 is 1.27 bits per heavy atom. The molecule has 0 aliphatic carbocycles. The van der Waals surface area contributed by atoms with Crippen LogP contribution in [0.2, 0.25) is 5.02 Å². The first-order valence-electron chi connectivity index (χ1n) is 16.3. The largest absolute Gasteiger partial charge is 0.481 e. The van der Waals surface area contributed by atoms with Crippen molar-refractivity contribution in [3.05, 3.63) is 128 Å². The maximum atomic E-state index is 14.0. The van der Waals surface area contributed by atoms with Crippen molar-refractivity contribution in [3.8, 4) is 11.1 Å². The third-order valence-electron chi connectivity index (χ3n) is 8.87. The second-order valence-corrected chi connectivity index (χ2v) is 13.0. The first-order valence-corrected chi connectivity index (χ1v) is 16.7. The highest BCUT2D eigenvalue weighted by Crippen LogP contribution is 2.38. The van der Waals surface area contributed by atoms with Crippen LogP contribution in [-0.4, -0.2) is 41.0 Å². The molecule has 5 nitrogen and oxygen atoms in total. The zero-order valence-electron chi connectivity index (χ0n) is 28.4. The van der Waals surface area contributed by atoms with E-state index in [1.54, 1.807) is 49.4 Å². The minimum absolute atomic E-state index is 0.0162. The van der Waals surface area contributed by atoms with Crippen LogP contribution in [0, 0.1) is 12.3 Å². The summed E-state index contributed by atoms with van der Waals surface area (Å²) in [4.78, 5) is 11.6. The van der Waals surface area contributed by atoms with E-state index in [1.807, 2.05) is 0 Å². The highest BCUT2D eigenvalue weighted by atomic mass is 35.5. The number of aliphatic hydroxyl groups is 2. The molecule has 12 heteroatoms. The molecule has 0 saturated carbocycles. The van der Waals surface area contributed by atoms with Crippen molar-refractivity contribution in [2.45, 2.75) is 45.6 Å². The van der Waals surface area contributed by atoms with Crippen molar-refractivity contribution in [1.82, 2.24) is 5.32 Å². The van der Waals surface area contributed by atoms with Crippen molar-refractivity contribution in [2.24, 2.45) is 5.41 Å². The van der Waals surface area contributed by atoms with Gasteiger partial charge in [0.15, 0.2) is 0 Å². The summed E-state index contributed by atoms with van der Waals surface area (Å²) < 4.78 is 83.5. The zero-order valence-corrected chi connectivity index (χ0v) is 29.1. The molecule has 4 aromatic rings. The van der Waals surface area contributed by atoms with E-state index in [1.165, 1.54) is 49.4 Å². The zero-order chi connectivity index (χ0) is 38.3. The van der Waals surface area contributed by atoms with Crippen molar-refractivity contribution in [1.29, 1.82) is 0 Å². The maximum Gasteiger partial charge on any atom is 0.416 e. The first kappa shape index (κ1) is 40.4. The molecule has 4 N–H and O–H groups in total. The Morgan fingerprint density at radius 1 is 0.750 bits per heavy atom. The number of hydrogen-bond acceptors (Lipinski definition) is 4. The lowest BCUT2D eigenvalue weighted by molar-refractivity contribution is -0.150. The quantitative estimate of drug-likeness (QED) is 0.0587. The number of aryl methyl sites for hydroxylation is 1. The number of nitrogens with one attached hydrogen (secondary N) is 1. The lowest BCUT2D eigenvalue weighted by Gasteiger charge is -2.22. The van der Waals surface area contributed by atoms with Crippen LogP contribution in [0.5, 0.6) is 0 Å². The van der Waals surface area contributed by atoms with Gasteiger partial charge in [-0.05, 0) is 89.4 Å². The smallest absolute Gasteiger partial charge is 0.416 e. The minimum atomic E-state index is -4.66. The summed E-state index contributed by atoms with van der Waals surface area (Å²) in [5.41, 5.74) is 0.718. The molecule has 0 aromatic heterocycles. The molecule has 4 aromatic carbocycles. The van der Waals surface area contributed by atoms with Gasteiger partial charge >= 0.3 is 18.3 Å². The van der Waals surface area contributed by atoms with E-state index in [0.29, 0.717) is 38.9 Å². The van der Waals surface area contributed by atoms with Gasteiger partial charge in [-0.25, -0.2) is 0 Å². The number of rotatable bonds is 14. The van der Waals surface area contributed by atoms with Crippen molar-refractivity contribution in [3.63, 3.8) is 0 Å². The molecule has 0 spiro atoms. The third kappa shape index (κ3) is 9.92. The summed E-state index contributed by atoms with van der Waals surface area (Å²) in [5, 5.41) is 31.2. The van der Waals surface area contributed by atoms with Gasteiger partial charge in [0.25, 0.3) is 0 Å². The van der Waals surface area contributed by atoms with Gasteiger partial charge in [0, 0.05) is 18.7 Å². The van der Waals surface area contributed by atoms with Crippen LogP contribution in [0.25, 0.3) is 35.4 Å². The highest BCUT2D eigenvalue weighted by Gasteiger charge is 2.35. The van der Waals surface area contributed by atoms with E-state index < -0.39 is 41.5 Å². The fourth-order valence-electron chi connectivity index (χ4n) is 5.64. The second-order valence-electron chi connectivity index (χ2n) is 12.7. The molecular formula is C40H38ClF6NO4. The van der Waals surface area contributed by atoms with Crippen LogP contribution in [0.15, 0.2) is 72.8 Å². The SMILES string of the molecule is Cc1c(/C=C/c2cc(CC[C@@](C)(CO)C(=O)O)ccc2C(F)(F)F)cccc1-c1cccc(/C=C/c2cc(CNCCO)ccc2C(F)(F)F)c1Cl. The average Bonchev–Trinajstić information content (AvgIpc) is 3.09. The molecule has 52 heavy (non-hydrogen) atoms. The van der Waals surface area contributed by atoms with Crippen LogP contribution in [0.1, 0.15) is 63.4 Å². The molecular weight excluding hydrogens is 708 g/mol. The van der Waals surface area contributed by atoms with Gasteiger partial charge in [-0.3, -0.25) is 4.79 Å². The molecule has 0 heterocycles. The first-order chi connectivity index (χ1) is 24.5. The van der Waals surface area contributed by atoms with E-state index in [-0.39, 0.29) is 48.7 Å². The molecule has 0 fully saturated rings. The number of alkyl halides is 6. The summed E-state index contributed by atoms with van der Waals surface area (Å²) in [6.45, 7) is 2.97. The monoisotopic (exact) mass is 745 g/mol. The fourth-order valence-corrected chi connectivity index (χ4v) is 5.93. The van der Waals surface area contributed by atoms with Crippen LogP contribution in [0.3, 0.4) is 0 Å². The molecule has 0 amide bonds. The van der Waals surface area contributed by atoms with Gasteiger partial charge in [-0.15, -0.1) is 0 Å². The van der Waals surface area contributed by atoms with Crippen LogP contribution in [-0.2, 0) is 30.1 Å². The Bertz CT molecular complexity index is 1950. The van der Waals surface area contributed by atoms with Crippen molar-refractivity contribution >= 4 is 41.9 Å². The molecule has 0 aliphatic rings. The third-order valence-corrected chi connectivity index (χ3v) is 9.29. The molecule has 0 unspecified atom stereocenters. The molecule has 0 saturated heterocycles. The number of aliphatic carboxylic acids is 1. The van der Waals surface area contributed by atoms with E-state index in [2.05, 4.69) is 5.32 Å². The average molecular weight is 746 g/mol. The fraction of sp³-hybridized carbons (Fsp3) is 0.275. The highest BCUT2D eigenvalue weighted by molar-refractivity contribution is 6.35. The Labute approximate surface area is 302 Å². The molecule has 276 valence electrons. The van der Waals surface area contributed by atoms with E-state index >= 15 is 0 Å². The minimum Gasteiger partial charge on any atom is -0.481 e. The lowest BCUT2D eigenvalue weighted by Crippen LogP contribution is -2.32. The van der Waals surface area contributed by atoms with Gasteiger partial charge in [-0.2, -0.15) is 26.3 Å². The van der Waals surface area contributed by atoms with Gasteiger partial charge < -0.3 is 20.6 Å². The predicted octanol–water partition coefficient (Wildman–Crippen LogP) is 9.79. The maximum absolute atomic E-state index is 14.0. The van der Waals surface area contributed by atoms with E-state index in [9.17, 15) is 41.4 Å². The number of carbonyl (C=O) groups is 1. The lowest BCUT2D eigenvalue weighted by atomic mass is 9.84. The predicted molar refractivity (Wildman–Crippen MR) is 192 cm³/mol. The summed E-state index contributed by atoms with van der Waals surface area (Å²) in [6, 6.07) is 17.8. The van der Waals surface area contributed by atoms with Crippen LogP contribution < -0.4 is 5.32 Å². The summed E-state index contributed by atoms with van der Waals surface area (Å²) in [6.07, 6.45) is -3.39. The van der Waals surface area contributed by atoms with Gasteiger partial charge in [0.2, 0.25) is 0 Å². The van der Waals surface area contributed by atoms with E-state index in [0.717, 1.165) is 12.1 Å². The van der Waals surface area contributed by atoms with E-state index in [4.69, 9.17) is 16.7 Å². The Balaban J connectivity index is 1.67. The molecule has 4 rings (SSSR count). The normalized spacial score (nSPS) is 13.6. The number of halogens is 7. The summed E-state index contributed by atoms with van der Waals surface area (Å²) in [7, 11) is 0. The van der Waals surface area contributed by atoms with Gasteiger partial charge in [-0.1, -0.05) is 90.5 Å². The number of benzene rings is 4. The topological polar surface area (TPSA) is 89.8 Å². The second kappa shape index (κ2) is 16.9. The number of carboxylic acids is 1. The Kier molecular flexibility index (Phi) is 13.1. The summed E-state index contributed by atoms with van der Waals surface area (Å²) >= 11 is 6.83. The van der Waals surface area contributed by atoms with Crippen molar-refractivity contribution < 1.29 is 46.5 Å². The Morgan fingerprint density at radius 3 is 1.83 bits per heavy atom. The van der Waals surface area contributed by atoms with Crippen LogP contribution >= 0.6 is 11.6 Å².